The summed E-state index contributed by atoms with van der Waals surface area (Å²) >= 11 is 6.94. The molecule has 0 aliphatic carbocycles. The molecular formula is C18H12Br2N4. The molecule has 2 aromatic carbocycles. The number of H-pyrrole nitrogens is 2. The Bertz CT molecular complexity index is 887. The van der Waals surface area contributed by atoms with Crippen molar-refractivity contribution in [1.82, 2.24) is 19.9 Å². The van der Waals surface area contributed by atoms with Crippen molar-refractivity contribution in [3.8, 4) is 33.6 Å². The number of halogens is 2. The summed E-state index contributed by atoms with van der Waals surface area (Å²) in [5.41, 5.74) is 6.31. The van der Waals surface area contributed by atoms with Gasteiger partial charge in [-0.3, -0.25) is 0 Å². The summed E-state index contributed by atoms with van der Waals surface area (Å²) in [6.07, 6.45) is 3.36. The van der Waals surface area contributed by atoms with Gasteiger partial charge in [0, 0.05) is 11.1 Å². The van der Waals surface area contributed by atoms with Crippen molar-refractivity contribution in [2.75, 3.05) is 0 Å². The molecule has 0 unspecified atom stereocenters. The number of benzene rings is 2. The van der Waals surface area contributed by atoms with Crippen LogP contribution in [0.3, 0.4) is 0 Å². The van der Waals surface area contributed by atoms with Gasteiger partial charge in [0.15, 0.2) is 0 Å². The molecule has 0 fully saturated rings. The van der Waals surface area contributed by atoms with E-state index in [0.717, 1.165) is 42.8 Å². The lowest BCUT2D eigenvalue weighted by Crippen LogP contribution is -1.83. The Hall–Kier alpha value is -2.18. The zero-order valence-electron chi connectivity index (χ0n) is 12.4. The maximum Gasteiger partial charge on any atom is 0.110 e. The van der Waals surface area contributed by atoms with Gasteiger partial charge in [0.1, 0.15) is 20.6 Å². The number of imidazole rings is 2. The fourth-order valence-corrected chi connectivity index (χ4v) is 3.47. The van der Waals surface area contributed by atoms with E-state index in [0.29, 0.717) is 0 Å². The molecule has 2 N–H and O–H groups in total. The average molecular weight is 444 g/mol. The van der Waals surface area contributed by atoms with E-state index in [-0.39, 0.29) is 0 Å². The van der Waals surface area contributed by atoms with Gasteiger partial charge in [-0.25, -0.2) is 9.97 Å². The fraction of sp³-hybridized carbons (Fsp3) is 0. The second kappa shape index (κ2) is 6.37. The van der Waals surface area contributed by atoms with Gasteiger partial charge in [-0.05, 0) is 43.0 Å². The van der Waals surface area contributed by atoms with Crippen LogP contribution in [0.1, 0.15) is 0 Å². The maximum atomic E-state index is 4.32. The third-order valence-electron chi connectivity index (χ3n) is 3.84. The Morgan fingerprint density at radius 1 is 0.542 bits per heavy atom. The van der Waals surface area contributed by atoms with Crippen LogP contribution in [0.4, 0.5) is 0 Å². The Labute approximate surface area is 155 Å². The van der Waals surface area contributed by atoms with Gasteiger partial charge in [0.2, 0.25) is 0 Å². The summed E-state index contributed by atoms with van der Waals surface area (Å²) in [6.45, 7) is 0. The molecule has 0 amide bonds. The smallest absolute Gasteiger partial charge is 0.110 e. The van der Waals surface area contributed by atoms with Crippen molar-refractivity contribution >= 4 is 31.9 Å². The molecule has 4 rings (SSSR count). The standard InChI is InChI=1S/C18H12Br2N4/c19-17-15(21-9-23-17)13-5-1-11(2-6-13)12-3-7-14(8-4-12)16-18(20)24-10-22-16/h1-10H,(H,21,23)(H,22,24). The molecule has 0 saturated heterocycles. The normalized spacial score (nSPS) is 10.9. The minimum atomic E-state index is 0.893. The van der Waals surface area contributed by atoms with E-state index in [2.05, 4.69) is 100 Å². The quantitative estimate of drug-likeness (QED) is 0.429. The van der Waals surface area contributed by atoms with Gasteiger partial charge in [0.25, 0.3) is 0 Å². The lowest BCUT2D eigenvalue weighted by molar-refractivity contribution is 1.30. The first-order valence-corrected chi connectivity index (χ1v) is 8.90. The zero-order chi connectivity index (χ0) is 16.5. The predicted octanol–water partition coefficient (Wildman–Crippen LogP) is 5.66. The van der Waals surface area contributed by atoms with Crippen LogP contribution in [-0.2, 0) is 0 Å². The van der Waals surface area contributed by atoms with Crippen molar-refractivity contribution < 1.29 is 0 Å². The molecule has 0 aliphatic heterocycles. The third-order valence-corrected chi connectivity index (χ3v) is 5.04. The van der Waals surface area contributed by atoms with Crippen LogP contribution in [0.2, 0.25) is 0 Å². The van der Waals surface area contributed by atoms with Gasteiger partial charge in [-0.2, -0.15) is 0 Å². The highest BCUT2D eigenvalue weighted by Gasteiger charge is 2.08. The number of hydrogen-bond donors (Lipinski definition) is 2. The Kier molecular flexibility index (Phi) is 4.08. The molecule has 0 saturated carbocycles. The lowest BCUT2D eigenvalue weighted by Gasteiger charge is -2.05. The highest BCUT2D eigenvalue weighted by molar-refractivity contribution is 9.10. The molecule has 6 heteroatoms. The van der Waals surface area contributed by atoms with Crippen LogP contribution in [0.25, 0.3) is 33.6 Å². The van der Waals surface area contributed by atoms with Crippen molar-refractivity contribution in [3.63, 3.8) is 0 Å². The molecule has 0 radical (unpaired) electrons. The first-order valence-electron chi connectivity index (χ1n) is 7.31. The molecule has 2 aromatic heterocycles. The number of hydrogen-bond acceptors (Lipinski definition) is 2. The van der Waals surface area contributed by atoms with E-state index in [1.807, 2.05) is 0 Å². The first kappa shape index (κ1) is 15.4. The van der Waals surface area contributed by atoms with Crippen molar-refractivity contribution in [2.24, 2.45) is 0 Å². The molecule has 4 aromatic rings. The summed E-state index contributed by atoms with van der Waals surface area (Å²) in [5.74, 6) is 0. The fourth-order valence-electron chi connectivity index (χ4n) is 2.60. The van der Waals surface area contributed by atoms with E-state index in [1.54, 1.807) is 12.7 Å². The monoisotopic (exact) mass is 442 g/mol. The number of nitrogens with one attached hydrogen (secondary N) is 2. The van der Waals surface area contributed by atoms with E-state index in [9.17, 15) is 0 Å². The molecular weight excluding hydrogens is 432 g/mol. The highest BCUT2D eigenvalue weighted by atomic mass is 79.9. The molecule has 2 heterocycles. The molecule has 0 spiro atoms. The summed E-state index contributed by atoms with van der Waals surface area (Å²) in [7, 11) is 0. The van der Waals surface area contributed by atoms with Crippen molar-refractivity contribution in [2.45, 2.75) is 0 Å². The summed E-state index contributed by atoms with van der Waals surface area (Å²) < 4.78 is 1.79. The van der Waals surface area contributed by atoms with Crippen molar-refractivity contribution in [1.29, 1.82) is 0 Å². The predicted molar refractivity (Wildman–Crippen MR) is 102 cm³/mol. The molecule has 0 bridgehead atoms. The Balaban J connectivity index is 1.62. The molecule has 24 heavy (non-hydrogen) atoms. The minimum absolute atomic E-state index is 0.893. The molecule has 0 atom stereocenters. The van der Waals surface area contributed by atoms with E-state index in [1.165, 1.54) is 0 Å². The highest BCUT2D eigenvalue weighted by Crippen LogP contribution is 2.30. The van der Waals surface area contributed by atoms with Crippen LogP contribution >= 0.6 is 31.9 Å². The van der Waals surface area contributed by atoms with Crippen LogP contribution in [-0.4, -0.2) is 19.9 Å². The van der Waals surface area contributed by atoms with Crippen LogP contribution in [0, 0.1) is 0 Å². The number of nitrogens with zero attached hydrogens (tertiary/aromatic N) is 2. The van der Waals surface area contributed by atoms with Crippen molar-refractivity contribution in [3.05, 3.63) is 70.4 Å². The van der Waals surface area contributed by atoms with Gasteiger partial charge in [0.05, 0.1) is 12.7 Å². The maximum absolute atomic E-state index is 4.32. The molecule has 118 valence electrons. The van der Waals surface area contributed by atoms with E-state index in [4.69, 9.17) is 0 Å². The number of aromatic amines is 2. The summed E-state index contributed by atoms with van der Waals surface area (Å²) in [5, 5.41) is 0. The van der Waals surface area contributed by atoms with E-state index < -0.39 is 0 Å². The minimum Gasteiger partial charge on any atom is -0.339 e. The zero-order valence-corrected chi connectivity index (χ0v) is 15.6. The van der Waals surface area contributed by atoms with Crippen LogP contribution in [0.5, 0.6) is 0 Å². The molecule has 0 aliphatic rings. The van der Waals surface area contributed by atoms with E-state index >= 15 is 0 Å². The second-order valence-corrected chi connectivity index (χ2v) is 6.87. The van der Waals surface area contributed by atoms with Gasteiger partial charge < -0.3 is 9.97 Å². The van der Waals surface area contributed by atoms with Gasteiger partial charge >= 0.3 is 0 Å². The van der Waals surface area contributed by atoms with Gasteiger partial charge in [-0.15, -0.1) is 0 Å². The first-order chi connectivity index (χ1) is 11.7. The van der Waals surface area contributed by atoms with Crippen LogP contribution in [0.15, 0.2) is 70.4 Å². The second-order valence-electron chi connectivity index (χ2n) is 5.28. The Morgan fingerprint density at radius 3 is 1.17 bits per heavy atom. The summed E-state index contributed by atoms with van der Waals surface area (Å²) in [6, 6.07) is 16.7. The third kappa shape index (κ3) is 2.83. The number of rotatable bonds is 3. The molecule has 4 nitrogen and oxygen atoms in total. The topological polar surface area (TPSA) is 57.4 Å². The lowest BCUT2D eigenvalue weighted by atomic mass is 10.0. The summed E-state index contributed by atoms with van der Waals surface area (Å²) in [4.78, 5) is 14.7. The largest absolute Gasteiger partial charge is 0.339 e. The average Bonchev–Trinajstić information content (AvgIpc) is 3.23. The SMILES string of the molecule is Brc1[nH]cnc1-c1ccc(-c2ccc(-c3nc[nH]c3Br)cc2)cc1. The van der Waals surface area contributed by atoms with Gasteiger partial charge in [-0.1, -0.05) is 48.5 Å². The Morgan fingerprint density at radius 2 is 0.875 bits per heavy atom. The number of aromatic nitrogens is 4. The van der Waals surface area contributed by atoms with Crippen LogP contribution < -0.4 is 0 Å².